The van der Waals surface area contributed by atoms with Crippen LogP contribution in [0.2, 0.25) is 0 Å². The number of halogens is 4. The number of urea groups is 1. The van der Waals surface area contributed by atoms with Crippen molar-refractivity contribution in [1.29, 1.82) is 0 Å². The summed E-state index contributed by atoms with van der Waals surface area (Å²) in [5.74, 6) is -0.0100. The van der Waals surface area contributed by atoms with Crippen LogP contribution >= 0.6 is 0 Å². The van der Waals surface area contributed by atoms with Crippen LogP contribution < -0.4 is 24.8 Å². The quantitative estimate of drug-likeness (QED) is 0.303. The highest BCUT2D eigenvalue weighted by molar-refractivity contribution is 5.99. The topological polar surface area (TPSA) is 94.6 Å². The first-order valence-electron chi connectivity index (χ1n) is 10.3. The maximum atomic E-state index is 13.8. The van der Waals surface area contributed by atoms with E-state index in [1.54, 1.807) is 30.3 Å². The molecular weight excluding hydrogens is 484 g/mol. The molecule has 2 N–H and O–H groups in total. The van der Waals surface area contributed by atoms with E-state index >= 15 is 0 Å². The zero-order valence-electron chi connectivity index (χ0n) is 18.8. The molecule has 1 heterocycles. The van der Waals surface area contributed by atoms with E-state index in [1.807, 2.05) is 0 Å². The van der Waals surface area contributed by atoms with E-state index in [4.69, 9.17) is 14.2 Å². The van der Waals surface area contributed by atoms with Crippen LogP contribution in [0.1, 0.15) is 5.56 Å². The molecule has 36 heavy (non-hydrogen) atoms. The van der Waals surface area contributed by atoms with Crippen molar-refractivity contribution in [3.8, 4) is 23.1 Å². The van der Waals surface area contributed by atoms with Crippen molar-refractivity contribution in [2.24, 2.45) is 0 Å². The molecule has 0 spiro atoms. The average molecular weight is 502 g/mol. The minimum Gasteiger partial charge on any atom is -0.493 e. The van der Waals surface area contributed by atoms with Gasteiger partial charge < -0.3 is 24.8 Å². The standard InChI is InChI=1S/C24H18F4N4O4/c1-34-20-10-16-19(11-21(20)35-2)29-12-30-22(16)36-15-5-3-4-13(8-15)31-23(33)32-14-6-7-17(18(25)9-14)24(26,27)28/h3-12H,1-2H3,(H2,31,32,33). The number of ether oxygens (including phenoxy) is 3. The molecule has 8 nitrogen and oxygen atoms in total. The van der Waals surface area contributed by atoms with Gasteiger partial charge in [-0.25, -0.2) is 19.2 Å². The van der Waals surface area contributed by atoms with Gasteiger partial charge in [0.25, 0.3) is 0 Å². The lowest BCUT2D eigenvalue weighted by molar-refractivity contribution is -0.139. The van der Waals surface area contributed by atoms with Crippen LogP contribution in [0.3, 0.4) is 0 Å². The lowest BCUT2D eigenvalue weighted by Crippen LogP contribution is -2.19. The number of alkyl halides is 3. The number of benzene rings is 3. The van der Waals surface area contributed by atoms with Crippen LogP contribution in [0.4, 0.5) is 33.7 Å². The van der Waals surface area contributed by atoms with Crippen LogP contribution in [-0.4, -0.2) is 30.2 Å². The predicted molar refractivity (Wildman–Crippen MR) is 123 cm³/mol. The van der Waals surface area contributed by atoms with Crippen molar-refractivity contribution < 1.29 is 36.6 Å². The maximum absolute atomic E-state index is 13.8. The molecule has 0 fully saturated rings. The molecule has 0 saturated carbocycles. The number of fused-ring (bicyclic) bond motifs is 1. The summed E-state index contributed by atoms with van der Waals surface area (Å²) in [7, 11) is 3.00. The van der Waals surface area contributed by atoms with Crippen LogP contribution in [0.5, 0.6) is 23.1 Å². The van der Waals surface area contributed by atoms with E-state index in [0.717, 1.165) is 6.07 Å². The minimum atomic E-state index is -4.84. The van der Waals surface area contributed by atoms with E-state index in [9.17, 15) is 22.4 Å². The fourth-order valence-corrected chi connectivity index (χ4v) is 3.31. The fraction of sp³-hybridized carbons (Fsp3) is 0.125. The van der Waals surface area contributed by atoms with Crippen molar-refractivity contribution in [2.75, 3.05) is 24.9 Å². The maximum Gasteiger partial charge on any atom is 0.419 e. The number of amides is 2. The van der Waals surface area contributed by atoms with Crippen LogP contribution in [0.15, 0.2) is 60.9 Å². The molecule has 0 radical (unpaired) electrons. The van der Waals surface area contributed by atoms with Gasteiger partial charge in [-0.15, -0.1) is 0 Å². The van der Waals surface area contributed by atoms with Crippen molar-refractivity contribution >= 4 is 28.3 Å². The van der Waals surface area contributed by atoms with Crippen LogP contribution in [-0.2, 0) is 6.18 Å². The van der Waals surface area contributed by atoms with Gasteiger partial charge in [0, 0.05) is 23.5 Å². The first-order valence-corrected chi connectivity index (χ1v) is 10.3. The molecule has 0 saturated heterocycles. The number of hydrogen-bond acceptors (Lipinski definition) is 6. The molecular formula is C24H18F4N4O4. The van der Waals surface area contributed by atoms with Gasteiger partial charge in [0.1, 0.15) is 17.9 Å². The molecule has 0 atom stereocenters. The zero-order chi connectivity index (χ0) is 25.9. The molecule has 3 aromatic carbocycles. The van der Waals surface area contributed by atoms with Gasteiger partial charge in [0.05, 0.1) is 30.7 Å². The lowest BCUT2D eigenvalue weighted by Gasteiger charge is -2.13. The number of anilines is 2. The van der Waals surface area contributed by atoms with Crippen LogP contribution in [0.25, 0.3) is 10.9 Å². The number of methoxy groups -OCH3 is 2. The largest absolute Gasteiger partial charge is 0.493 e. The smallest absolute Gasteiger partial charge is 0.419 e. The highest BCUT2D eigenvalue weighted by Gasteiger charge is 2.34. The fourth-order valence-electron chi connectivity index (χ4n) is 3.31. The molecule has 4 aromatic rings. The number of aromatic nitrogens is 2. The monoisotopic (exact) mass is 502 g/mol. The number of nitrogens with zero attached hydrogens (tertiary/aromatic N) is 2. The Bertz CT molecular complexity index is 1430. The van der Waals surface area contributed by atoms with Gasteiger partial charge in [-0.1, -0.05) is 6.07 Å². The average Bonchev–Trinajstić information content (AvgIpc) is 2.82. The van der Waals surface area contributed by atoms with E-state index in [-0.39, 0.29) is 11.6 Å². The summed E-state index contributed by atoms with van der Waals surface area (Å²) < 4.78 is 68.4. The highest BCUT2D eigenvalue weighted by atomic mass is 19.4. The van der Waals surface area contributed by atoms with Gasteiger partial charge >= 0.3 is 12.2 Å². The summed E-state index contributed by atoms with van der Waals surface area (Å²) in [4.78, 5) is 20.7. The van der Waals surface area contributed by atoms with E-state index in [2.05, 4.69) is 20.6 Å². The van der Waals surface area contributed by atoms with Gasteiger partial charge in [-0.05, 0) is 36.4 Å². The van der Waals surface area contributed by atoms with E-state index < -0.39 is 23.6 Å². The van der Waals surface area contributed by atoms with Crippen molar-refractivity contribution in [3.05, 3.63) is 72.3 Å². The third kappa shape index (κ3) is 5.37. The number of rotatable bonds is 6. The molecule has 0 aliphatic rings. The normalized spacial score (nSPS) is 11.2. The first kappa shape index (κ1) is 24.5. The predicted octanol–water partition coefficient (Wildman–Crippen LogP) is 6.24. The molecule has 1 aromatic heterocycles. The number of nitrogens with one attached hydrogen (secondary N) is 2. The Kier molecular flexibility index (Phi) is 6.77. The van der Waals surface area contributed by atoms with Gasteiger partial charge in [0.2, 0.25) is 5.88 Å². The molecule has 4 rings (SSSR count). The first-order chi connectivity index (χ1) is 17.2. The van der Waals surface area contributed by atoms with Gasteiger partial charge in [0.15, 0.2) is 11.5 Å². The molecule has 0 bridgehead atoms. The van der Waals surface area contributed by atoms with Crippen molar-refractivity contribution in [2.45, 2.75) is 6.18 Å². The molecule has 0 aliphatic carbocycles. The summed E-state index contributed by atoms with van der Waals surface area (Å²) in [6.45, 7) is 0. The minimum absolute atomic E-state index is 0.151. The molecule has 0 aliphatic heterocycles. The Labute approximate surface area is 201 Å². The summed E-state index contributed by atoms with van der Waals surface area (Å²) in [5.41, 5.74) is -0.723. The van der Waals surface area contributed by atoms with E-state index in [1.165, 1.54) is 26.6 Å². The Morgan fingerprint density at radius 1 is 0.889 bits per heavy atom. The van der Waals surface area contributed by atoms with Crippen molar-refractivity contribution in [3.63, 3.8) is 0 Å². The van der Waals surface area contributed by atoms with Crippen molar-refractivity contribution in [1.82, 2.24) is 9.97 Å². The zero-order valence-corrected chi connectivity index (χ0v) is 18.8. The van der Waals surface area contributed by atoms with Gasteiger partial charge in [-0.3, -0.25) is 0 Å². The molecule has 186 valence electrons. The Morgan fingerprint density at radius 2 is 1.58 bits per heavy atom. The summed E-state index contributed by atoms with van der Waals surface area (Å²) >= 11 is 0. The molecule has 12 heteroatoms. The lowest BCUT2D eigenvalue weighted by atomic mass is 10.2. The third-order valence-electron chi connectivity index (χ3n) is 4.94. The summed E-state index contributed by atoms with van der Waals surface area (Å²) in [6.07, 6.45) is -3.51. The number of carbonyl (C=O) groups excluding carboxylic acids is 1. The van der Waals surface area contributed by atoms with E-state index in [0.29, 0.717) is 46.0 Å². The Balaban J connectivity index is 1.50. The third-order valence-corrected chi connectivity index (χ3v) is 4.94. The second-order valence-electron chi connectivity index (χ2n) is 7.30. The molecule has 0 unspecified atom stereocenters. The second kappa shape index (κ2) is 9.94. The Hall–Kier alpha value is -4.61. The number of carbonyl (C=O) groups is 1. The second-order valence-corrected chi connectivity index (χ2v) is 7.30. The number of hydrogen-bond donors (Lipinski definition) is 2. The summed E-state index contributed by atoms with van der Waals surface area (Å²) in [5, 5.41) is 5.34. The SMILES string of the molecule is COc1cc2ncnc(Oc3cccc(NC(=O)Nc4ccc(C(F)(F)F)c(F)c4)c3)c2cc1OC. The van der Waals surface area contributed by atoms with Crippen LogP contribution in [0, 0.1) is 5.82 Å². The summed E-state index contributed by atoms with van der Waals surface area (Å²) in [6, 6.07) is 10.9. The highest BCUT2D eigenvalue weighted by Crippen LogP contribution is 2.36. The molecule has 2 amide bonds. The van der Waals surface area contributed by atoms with Gasteiger partial charge in [-0.2, -0.15) is 13.2 Å². The Morgan fingerprint density at radius 3 is 2.25 bits per heavy atom.